The Kier molecular flexibility index (Phi) is 3.79. The minimum atomic E-state index is -2.86. The Bertz CT molecular complexity index is 436. The molecule has 0 radical (unpaired) electrons. The first-order valence-corrected chi connectivity index (χ1v) is 7.52. The maximum Gasteiger partial charge on any atom is 0.147 e. The number of benzene rings is 1. The molecule has 0 saturated heterocycles. The fourth-order valence-electron chi connectivity index (χ4n) is 1.47. The van der Waals surface area contributed by atoms with E-state index in [-0.39, 0.29) is 11.2 Å². The van der Waals surface area contributed by atoms with Crippen molar-refractivity contribution in [2.45, 2.75) is 32.6 Å². The molecule has 0 aliphatic rings. The summed E-state index contributed by atoms with van der Waals surface area (Å²) in [6, 6.07) is 8.20. The third-order valence-corrected chi connectivity index (χ3v) is 3.53. The van der Waals surface area contributed by atoms with Gasteiger partial charge in [-0.3, -0.25) is 0 Å². The SMILES string of the molecule is CC(C)(C)c1ccc(CCS(C)(=O)=O)cc1. The molecule has 0 amide bonds. The van der Waals surface area contributed by atoms with E-state index in [9.17, 15) is 8.42 Å². The lowest BCUT2D eigenvalue weighted by atomic mass is 9.86. The summed E-state index contributed by atoms with van der Waals surface area (Å²) in [5, 5.41) is 0. The number of aryl methyl sites for hydroxylation is 1. The van der Waals surface area contributed by atoms with Crippen LogP contribution in [0.4, 0.5) is 0 Å². The third-order valence-electron chi connectivity index (χ3n) is 2.58. The monoisotopic (exact) mass is 240 g/mol. The summed E-state index contributed by atoms with van der Waals surface area (Å²) in [5.41, 5.74) is 2.50. The average molecular weight is 240 g/mol. The predicted molar refractivity (Wildman–Crippen MR) is 68.6 cm³/mol. The molecule has 2 nitrogen and oxygen atoms in total. The molecule has 0 atom stereocenters. The van der Waals surface area contributed by atoms with Crippen molar-refractivity contribution in [3.63, 3.8) is 0 Å². The van der Waals surface area contributed by atoms with Crippen LogP contribution in [0, 0.1) is 0 Å². The zero-order valence-corrected chi connectivity index (χ0v) is 11.3. The van der Waals surface area contributed by atoms with Crippen molar-refractivity contribution in [3.8, 4) is 0 Å². The van der Waals surface area contributed by atoms with Crippen LogP contribution in [0.2, 0.25) is 0 Å². The van der Waals surface area contributed by atoms with Gasteiger partial charge < -0.3 is 0 Å². The van der Waals surface area contributed by atoms with Crippen LogP contribution in [-0.4, -0.2) is 20.4 Å². The van der Waals surface area contributed by atoms with Crippen molar-refractivity contribution in [2.24, 2.45) is 0 Å². The largest absolute Gasteiger partial charge is 0.229 e. The molecule has 0 bridgehead atoms. The molecule has 0 heterocycles. The fraction of sp³-hybridized carbons (Fsp3) is 0.538. The van der Waals surface area contributed by atoms with E-state index in [1.54, 1.807) is 0 Å². The molecule has 0 saturated carbocycles. The number of rotatable bonds is 3. The highest BCUT2D eigenvalue weighted by Crippen LogP contribution is 2.22. The van der Waals surface area contributed by atoms with E-state index in [4.69, 9.17) is 0 Å². The average Bonchev–Trinajstić information content (AvgIpc) is 2.13. The van der Waals surface area contributed by atoms with Gasteiger partial charge in [-0.25, -0.2) is 8.42 Å². The highest BCUT2D eigenvalue weighted by Gasteiger charge is 2.12. The third kappa shape index (κ3) is 4.35. The highest BCUT2D eigenvalue weighted by atomic mass is 32.2. The first-order chi connectivity index (χ1) is 7.18. The first-order valence-electron chi connectivity index (χ1n) is 5.46. The molecule has 90 valence electrons. The normalized spacial score (nSPS) is 12.8. The van der Waals surface area contributed by atoms with Crippen molar-refractivity contribution in [2.75, 3.05) is 12.0 Å². The van der Waals surface area contributed by atoms with Crippen LogP contribution in [0.5, 0.6) is 0 Å². The molecule has 0 N–H and O–H groups in total. The van der Waals surface area contributed by atoms with E-state index in [2.05, 4.69) is 32.9 Å². The molecule has 1 aromatic rings. The topological polar surface area (TPSA) is 34.1 Å². The van der Waals surface area contributed by atoms with Crippen molar-refractivity contribution >= 4 is 9.84 Å². The van der Waals surface area contributed by atoms with Gasteiger partial charge in [-0.2, -0.15) is 0 Å². The minimum Gasteiger partial charge on any atom is -0.229 e. The van der Waals surface area contributed by atoms with Gasteiger partial charge in [0.05, 0.1) is 5.75 Å². The first kappa shape index (κ1) is 13.2. The number of hydrogen-bond donors (Lipinski definition) is 0. The van der Waals surface area contributed by atoms with E-state index in [1.807, 2.05) is 12.1 Å². The van der Waals surface area contributed by atoms with Crippen LogP contribution in [0.3, 0.4) is 0 Å². The minimum absolute atomic E-state index is 0.148. The van der Waals surface area contributed by atoms with E-state index < -0.39 is 9.84 Å². The van der Waals surface area contributed by atoms with Gasteiger partial charge in [-0.1, -0.05) is 45.0 Å². The van der Waals surface area contributed by atoms with Crippen LogP contribution < -0.4 is 0 Å². The zero-order valence-electron chi connectivity index (χ0n) is 10.4. The van der Waals surface area contributed by atoms with E-state index in [0.29, 0.717) is 6.42 Å². The standard InChI is InChI=1S/C13H20O2S/c1-13(2,3)12-7-5-11(6-8-12)9-10-16(4,14)15/h5-8H,9-10H2,1-4H3. The summed E-state index contributed by atoms with van der Waals surface area (Å²) in [6.07, 6.45) is 1.87. The summed E-state index contributed by atoms with van der Waals surface area (Å²) in [6.45, 7) is 6.50. The maximum atomic E-state index is 11.0. The van der Waals surface area contributed by atoms with Crippen molar-refractivity contribution < 1.29 is 8.42 Å². The molecule has 1 rings (SSSR count). The number of hydrogen-bond acceptors (Lipinski definition) is 2. The Morgan fingerprint density at radius 2 is 1.56 bits per heavy atom. The molecule has 1 aromatic carbocycles. The van der Waals surface area contributed by atoms with Gasteiger partial charge >= 0.3 is 0 Å². The van der Waals surface area contributed by atoms with E-state index in [0.717, 1.165) is 5.56 Å². The fourth-order valence-corrected chi connectivity index (χ4v) is 2.08. The van der Waals surface area contributed by atoms with Gasteiger partial charge in [-0.05, 0) is 23.0 Å². The van der Waals surface area contributed by atoms with Gasteiger partial charge in [0.1, 0.15) is 9.84 Å². The molecule has 0 aliphatic carbocycles. The van der Waals surface area contributed by atoms with E-state index in [1.165, 1.54) is 11.8 Å². The van der Waals surface area contributed by atoms with Crippen LogP contribution in [0.25, 0.3) is 0 Å². The van der Waals surface area contributed by atoms with Gasteiger partial charge in [0, 0.05) is 6.26 Å². The Hall–Kier alpha value is -0.830. The Morgan fingerprint density at radius 3 is 1.94 bits per heavy atom. The molecular weight excluding hydrogens is 220 g/mol. The Balaban J connectivity index is 2.73. The molecule has 0 aromatic heterocycles. The van der Waals surface area contributed by atoms with Crippen molar-refractivity contribution in [1.82, 2.24) is 0 Å². The highest BCUT2D eigenvalue weighted by molar-refractivity contribution is 7.90. The smallest absolute Gasteiger partial charge is 0.147 e. The summed E-state index contributed by atoms with van der Waals surface area (Å²) >= 11 is 0. The van der Waals surface area contributed by atoms with Crippen LogP contribution in [0.15, 0.2) is 24.3 Å². The summed E-state index contributed by atoms with van der Waals surface area (Å²) in [5.74, 6) is 0.224. The Morgan fingerprint density at radius 1 is 1.06 bits per heavy atom. The lowest BCUT2D eigenvalue weighted by Crippen LogP contribution is -2.11. The van der Waals surface area contributed by atoms with Gasteiger partial charge in [-0.15, -0.1) is 0 Å². The lowest BCUT2D eigenvalue weighted by Gasteiger charge is -2.19. The second kappa shape index (κ2) is 4.58. The molecule has 0 spiro atoms. The summed E-state index contributed by atoms with van der Waals surface area (Å²) < 4.78 is 22.1. The van der Waals surface area contributed by atoms with Gasteiger partial charge in [0.15, 0.2) is 0 Å². The second-order valence-electron chi connectivity index (χ2n) is 5.33. The van der Waals surface area contributed by atoms with Crippen LogP contribution >= 0.6 is 0 Å². The molecular formula is C13H20O2S. The summed E-state index contributed by atoms with van der Waals surface area (Å²) in [7, 11) is -2.86. The van der Waals surface area contributed by atoms with Gasteiger partial charge in [0.2, 0.25) is 0 Å². The Labute approximate surface area is 98.6 Å². The molecule has 0 unspecified atom stereocenters. The van der Waals surface area contributed by atoms with Crippen molar-refractivity contribution in [1.29, 1.82) is 0 Å². The molecule has 0 aliphatic heterocycles. The van der Waals surface area contributed by atoms with Crippen molar-refractivity contribution in [3.05, 3.63) is 35.4 Å². The number of sulfone groups is 1. The lowest BCUT2D eigenvalue weighted by molar-refractivity contribution is 0.589. The molecule has 3 heteroatoms. The van der Waals surface area contributed by atoms with E-state index >= 15 is 0 Å². The van der Waals surface area contributed by atoms with Gasteiger partial charge in [0.25, 0.3) is 0 Å². The molecule has 0 fully saturated rings. The summed E-state index contributed by atoms with van der Waals surface area (Å²) in [4.78, 5) is 0. The molecule has 16 heavy (non-hydrogen) atoms. The predicted octanol–water partition coefficient (Wildman–Crippen LogP) is 2.57. The van der Waals surface area contributed by atoms with Crippen LogP contribution in [0.1, 0.15) is 31.9 Å². The quantitative estimate of drug-likeness (QED) is 0.813. The van der Waals surface area contributed by atoms with Crippen LogP contribution in [-0.2, 0) is 21.7 Å². The second-order valence-corrected chi connectivity index (χ2v) is 7.59. The zero-order chi connectivity index (χ0) is 12.4. The maximum absolute atomic E-state index is 11.0.